The topological polar surface area (TPSA) is 70.2 Å². The van der Waals surface area contributed by atoms with Gasteiger partial charge in [0.05, 0.1) is 11.6 Å². The first-order valence-corrected chi connectivity index (χ1v) is 6.15. The Morgan fingerprint density at radius 2 is 2.10 bits per heavy atom. The summed E-state index contributed by atoms with van der Waals surface area (Å²) in [5.74, 6) is -1.11. The Kier molecular flexibility index (Phi) is 5.91. The second-order valence-corrected chi connectivity index (χ2v) is 4.55. The van der Waals surface area contributed by atoms with Gasteiger partial charge < -0.3 is 16.0 Å². The minimum atomic E-state index is -0.520. The van der Waals surface area contributed by atoms with E-state index in [1.165, 1.54) is 25.1 Å². The molecule has 1 aliphatic heterocycles. The van der Waals surface area contributed by atoms with Crippen LogP contribution in [-0.4, -0.2) is 24.9 Å². The van der Waals surface area contributed by atoms with Crippen LogP contribution in [0.15, 0.2) is 18.2 Å². The fourth-order valence-corrected chi connectivity index (χ4v) is 2.02. The van der Waals surface area contributed by atoms with Crippen LogP contribution >= 0.6 is 12.4 Å². The van der Waals surface area contributed by atoms with Crippen molar-refractivity contribution < 1.29 is 14.0 Å². The van der Waals surface area contributed by atoms with Crippen LogP contribution in [-0.2, 0) is 9.59 Å². The molecule has 110 valence electrons. The van der Waals surface area contributed by atoms with Gasteiger partial charge in [-0.3, -0.25) is 9.59 Å². The third kappa shape index (κ3) is 4.18. The molecule has 0 spiro atoms. The van der Waals surface area contributed by atoms with E-state index in [0.29, 0.717) is 12.2 Å². The molecule has 5 nitrogen and oxygen atoms in total. The molecular weight excluding hydrogens is 285 g/mol. The highest BCUT2D eigenvalue weighted by molar-refractivity contribution is 5.94. The molecule has 1 fully saturated rings. The molecule has 3 N–H and O–H groups in total. The molecular formula is C13H17ClFN3O2. The van der Waals surface area contributed by atoms with Crippen LogP contribution in [0.2, 0.25) is 0 Å². The van der Waals surface area contributed by atoms with Crippen LogP contribution < -0.4 is 16.0 Å². The largest absolute Gasteiger partial charge is 0.326 e. The Labute approximate surface area is 122 Å². The maximum absolute atomic E-state index is 13.6. The summed E-state index contributed by atoms with van der Waals surface area (Å²) in [5.41, 5.74) is 0.539. The van der Waals surface area contributed by atoms with E-state index in [0.717, 1.165) is 13.0 Å². The first kappa shape index (κ1) is 16.4. The van der Waals surface area contributed by atoms with Crippen LogP contribution in [0, 0.1) is 11.7 Å². The van der Waals surface area contributed by atoms with Gasteiger partial charge >= 0.3 is 0 Å². The maximum atomic E-state index is 13.6. The third-order valence-electron chi connectivity index (χ3n) is 2.98. The van der Waals surface area contributed by atoms with Gasteiger partial charge in [0.25, 0.3) is 0 Å². The summed E-state index contributed by atoms with van der Waals surface area (Å²) in [6.45, 7) is 2.77. The molecule has 7 heteroatoms. The Balaban J connectivity index is 0.00000200. The molecule has 0 aliphatic carbocycles. The van der Waals surface area contributed by atoms with Gasteiger partial charge in [0, 0.05) is 19.2 Å². The standard InChI is InChI=1S/C13H16FN3O2.ClH/c1-8(18)16-10-2-3-11(14)12(6-10)17-13(19)9-4-5-15-7-9;/h2-3,6,9,15H,4-5,7H2,1H3,(H,16,18)(H,17,19);1H. The van der Waals surface area contributed by atoms with Gasteiger partial charge in [0.1, 0.15) is 5.82 Å². The Morgan fingerprint density at radius 3 is 2.70 bits per heavy atom. The normalized spacial score (nSPS) is 17.2. The average Bonchev–Trinajstić information content (AvgIpc) is 2.86. The molecule has 2 rings (SSSR count). The first-order chi connectivity index (χ1) is 9.06. The number of rotatable bonds is 3. The Bertz CT molecular complexity index is 504. The van der Waals surface area contributed by atoms with E-state index in [1.54, 1.807) is 0 Å². The summed E-state index contributed by atoms with van der Waals surface area (Å²) in [5, 5.41) is 8.19. The number of nitrogens with one attached hydrogen (secondary N) is 3. The van der Waals surface area contributed by atoms with Crippen molar-refractivity contribution >= 4 is 35.6 Å². The Hall–Kier alpha value is -1.66. The minimum Gasteiger partial charge on any atom is -0.326 e. The second kappa shape index (κ2) is 7.21. The minimum absolute atomic E-state index is 0. The van der Waals surface area contributed by atoms with Crippen molar-refractivity contribution in [1.82, 2.24) is 5.32 Å². The molecule has 0 bridgehead atoms. The van der Waals surface area contributed by atoms with Crippen molar-refractivity contribution in [3.8, 4) is 0 Å². The van der Waals surface area contributed by atoms with Gasteiger partial charge in [-0.25, -0.2) is 4.39 Å². The van der Waals surface area contributed by atoms with Crippen molar-refractivity contribution in [3.05, 3.63) is 24.0 Å². The van der Waals surface area contributed by atoms with Gasteiger partial charge in [-0.2, -0.15) is 0 Å². The lowest BCUT2D eigenvalue weighted by Gasteiger charge is -2.12. The first-order valence-electron chi connectivity index (χ1n) is 6.15. The van der Waals surface area contributed by atoms with E-state index >= 15 is 0 Å². The average molecular weight is 302 g/mol. The summed E-state index contributed by atoms with van der Waals surface area (Å²) < 4.78 is 13.6. The quantitative estimate of drug-likeness (QED) is 0.796. The van der Waals surface area contributed by atoms with E-state index in [4.69, 9.17) is 0 Å². The maximum Gasteiger partial charge on any atom is 0.228 e. The predicted molar refractivity (Wildman–Crippen MR) is 77.6 cm³/mol. The van der Waals surface area contributed by atoms with Crippen molar-refractivity contribution in [2.45, 2.75) is 13.3 Å². The molecule has 0 saturated carbocycles. The van der Waals surface area contributed by atoms with Gasteiger partial charge in [-0.05, 0) is 31.2 Å². The molecule has 0 radical (unpaired) electrons. The molecule has 1 aromatic carbocycles. The number of halogens is 2. The Morgan fingerprint density at radius 1 is 1.35 bits per heavy atom. The third-order valence-corrected chi connectivity index (χ3v) is 2.98. The van der Waals surface area contributed by atoms with Crippen molar-refractivity contribution in [2.75, 3.05) is 23.7 Å². The molecule has 1 aliphatic rings. The van der Waals surface area contributed by atoms with E-state index in [9.17, 15) is 14.0 Å². The lowest BCUT2D eigenvalue weighted by atomic mass is 10.1. The number of carbonyl (C=O) groups excluding carboxylic acids is 2. The SMILES string of the molecule is CC(=O)Nc1ccc(F)c(NC(=O)C2CCNC2)c1.Cl. The number of carbonyl (C=O) groups is 2. The summed E-state index contributed by atoms with van der Waals surface area (Å²) in [7, 11) is 0. The summed E-state index contributed by atoms with van der Waals surface area (Å²) >= 11 is 0. The monoisotopic (exact) mass is 301 g/mol. The lowest BCUT2D eigenvalue weighted by Crippen LogP contribution is -2.25. The van der Waals surface area contributed by atoms with Gasteiger partial charge in [-0.15, -0.1) is 12.4 Å². The zero-order valence-corrected chi connectivity index (χ0v) is 11.8. The van der Waals surface area contributed by atoms with Crippen molar-refractivity contribution in [2.24, 2.45) is 5.92 Å². The molecule has 20 heavy (non-hydrogen) atoms. The number of hydrogen-bond donors (Lipinski definition) is 3. The van der Waals surface area contributed by atoms with Crippen molar-refractivity contribution in [1.29, 1.82) is 0 Å². The van der Waals surface area contributed by atoms with E-state index in [-0.39, 0.29) is 35.8 Å². The summed E-state index contributed by atoms with van der Waals surface area (Å²) in [4.78, 5) is 22.8. The van der Waals surface area contributed by atoms with Crippen LogP contribution in [0.25, 0.3) is 0 Å². The van der Waals surface area contributed by atoms with Crippen LogP contribution in [0.5, 0.6) is 0 Å². The second-order valence-electron chi connectivity index (χ2n) is 4.55. The number of amides is 2. The smallest absolute Gasteiger partial charge is 0.228 e. The van der Waals surface area contributed by atoms with Gasteiger partial charge in [-0.1, -0.05) is 0 Å². The molecule has 1 atom stereocenters. The highest BCUT2D eigenvalue weighted by Crippen LogP contribution is 2.21. The molecule has 1 unspecified atom stereocenters. The molecule has 2 amide bonds. The van der Waals surface area contributed by atoms with Crippen LogP contribution in [0.1, 0.15) is 13.3 Å². The fraction of sp³-hybridized carbons (Fsp3) is 0.385. The highest BCUT2D eigenvalue weighted by Gasteiger charge is 2.23. The molecule has 1 heterocycles. The summed E-state index contributed by atoms with van der Waals surface area (Å²) in [6.07, 6.45) is 0.749. The summed E-state index contributed by atoms with van der Waals surface area (Å²) in [6, 6.07) is 4.08. The van der Waals surface area contributed by atoms with Gasteiger partial charge in [0.15, 0.2) is 0 Å². The van der Waals surface area contributed by atoms with Crippen molar-refractivity contribution in [3.63, 3.8) is 0 Å². The van der Waals surface area contributed by atoms with E-state index in [1.807, 2.05) is 0 Å². The lowest BCUT2D eigenvalue weighted by molar-refractivity contribution is -0.119. The van der Waals surface area contributed by atoms with Gasteiger partial charge in [0.2, 0.25) is 11.8 Å². The fourth-order valence-electron chi connectivity index (χ4n) is 2.02. The molecule has 1 saturated heterocycles. The van der Waals surface area contributed by atoms with E-state index in [2.05, 4.69) is 16.0 Å². The number of benzene rings is 1. The van der Waals surface area contributed by atoms with Crippen LogP contribution in [0.3, 0.4) is 0 Å². The molecule has 0 aromatic heterocycles. The van der Waals surface area contributed by atoms with E-state index < -0.39 is 5.82 Å². The van der Waals surface area contributed by atoms with Crippen LogP contribution in [0.4, 0.5) is 15.8 Å². The predicted octanol–water partition coefficient (Wildman–Crippen LogP) is 1.75. The highest BCUT2D eigenvalue weighted by atomic mass is 35.5. The molecule has 1 aromatic rings. The number of anilines is 2. The zero-order chi connectivity index (χ0) is 13.8. The zero-order valence-electron chi connectivity index (χ0n) is 11.0. The number of hydrogen-bond acceptors (Lipinski definition) is 3.